The van der Waals surface area contributed by atoms with Crippen molar-refractivity contribution in [1.29, 1.82) is 0 Å². The Kier molecular flexibility index (Phi) is 5.90. The Morgan fingerprint density at radius 3 is 2.63 bits per heavy atom. The average Bonchev–Trinajstić information content (AvgIpc) is 3.38. The minimum Gasteiger partial charge on any atom is -0.497 e. The summed E-state index contributed by atoms with van der Waals surface area (Å²) >= 11 is 1.31. The number of benzene rings is 2. The molecule has 1 aliphatic heterocycles. The largest absolute Gasteiger partial charge is 0.497 e. The lowest BCUT2D eigenvalue weighted by Gasteiger charge is -2.25. The fourth-order valence-electron chi connectivity index (χ4n) is 4.32. The summed E-state index contributed by atoms with van der Waals surface area (Å²) in [6.45, 7) is 5.38. The van der Waals surface area contributed by atoms with Crippen LogP contribution in [0.4, 0.5) is 0 Å². The van der Waals surface area contributed by atoms with Crippen LogP contribution in [0.5, 0.6) is 5.75 Å². The highest BCUT2D eigenvalue weighted by Gasteiger charge is 2.33. The van der Waals surface area contributed by atoms with Crippen LogP contribution >= 0.6 is 11.3 Å². The monoisotopic (exact) mass is 487 g/mol. The van der Waals surface area contributed by atoms with E-state index in [0.29, 0.717) is 26.4 Å². The molecule has 0 spiro atoms. The molecular weight excluding hydrogens is 462 g/mol. The van der Waals surface area contributed by atoms with Gasteiger partial charge in [-0.05, 0) is 50.6 Å². The van der Waals surface area contributed by atoms with E-state index < -0.39 is 12.0 Å². The quantitative estimate of drug-likeness (QED) is 0.435. The molecule has 0 bridgehead atoms. The van der Waals surface area contributed by atoms with Crippen molar-refractivity contribution in [2.24, 2.45) is 4.99 Å². The molecule has 35 heavy (non-hydrogen) atoms. The maximum atomic E-state index is 13.8. The predicted molar refractivity (Wildman–Crippen MR) is 136 cm³/mol. The summed E-state index contributed by atoms with van der Waals surface area (Å²) in [6.07, 6.45) is 3.46. The van der Waals surface area contributed by atoms with Crippen LogP contribution in [0.3, 0.4) is 0 Å². The molecule has 7 nitrogen and oxygen atoms in total. The van der Waals surface area contributed by atoms with Crippen molar-refractivity contribution < 1.29 is 14.3 Å². The number of ether oxygens (including phenoxy) is 2. The van der Waals surface area contributed by atoms with Crippen LogP contribution in [0.2, 0.25) is 0 Å². The highest BCUT2D eigenvalue weighted by atomic mass is 32.1. The maximum absolute atomic E-state index is 13.8. The van der Waals surface area contributed by atoms with Gasteiger partial charge in [0.25, 0.3) is 5.56 Å². The minimum atomic E-state index is -0.659. The first-order chi connectivity index (χ1) is 16.9. The molecule has 8 heteroatoms. The lowest BCUT2D eigenvalue weighted by Crippen LogP contribution is -2.40. The molecule has 0 saturated carbocycles. The standard InChI is InChI=1S/C27H25N3O4S/c1-15(2)34-26(32)23-16(3)29-27-30(24(23)17-9-11-19(33-4)12-10-17)25(31)22(35-27)13-18-14-28-21-8-6-5-7-20(18)21/h5-15,24,28H,1-4H3. The first-order valence-corrected chi connectivity index (χ1v) is 12.1. The number of hydrogen-bond donors (Lipinski definition) is 1. The second kappa shape index (κ2) is 9.03. The molecule has 1 N–H and O–H groups in total. The van der Waals surface area contributed by atoms with E-state index in [-0.39, 0.29) is 11.7 Å². The number of methoxy groups -OCH3 is 1. The van der Waals surface area contributed by atoms with Crippen LogP contribution in [-0.2, 0) is 9.53 Å². The third-order valence-electron chi connectivity index (χ3n) is 5.92. The SMILES string of the molecule is COc1ccc(C2C(C(=O)OC(C)C)=C(C)N=c3sc(=Cc4c[nH]c5ccccc45)c(=O)n32)cc1. The Morgan fingerprint density at radius 2 is 1.91 bits per heavy atom. The molecule has 4 aromatic rings. The van der Waals surface area contributed by atoms with E-state index in [9.17, 15) is 9.59 Å². The Hall–Kier alpha value is -3.91. The second-order valence-corrected chi connectivity index (χ2v) is 9.61. The maximum Gasteiger partial charge on any atom is 0.338 e. The summed E-state index contributed by atoms with van der Waals surface area (Å²) in [5.41, 5.74) is 3.38. The Bertz CT molecular complexity index is 1640. The van der Waals surface area contributed by atoms with E-state index >= 15 is 0 Å². The van der Waals surface area contributed by atoms with Crippen LogP contribution in [-0.4, -0.2) is 28.7 Å². The number of H-pyrrole nitrogens is 1. The van der Waals surface area contributed by atoms with Crippen molar-refractivity contribution in [3.63, 3.8) is 0 Å². The molecule has 178 valence electrons. The lowest BCUT2D eigenvalue weighted by atomic mass is 9.96. The fraction of sp³-hybridized carbons (Fsp3) is 0.222. The van der Waals surface area contributed by atoms with E-state index in [0.717, 1.165) is 22.0 Å². The number of esters is 1. The van der Waals surface area contributed by atoms with Crippen LogP contribution in [0.15, 0.2) is 75.8 Å². The number of hydrogen-bond acceptors (Lipinski definition) is 6. The first kappa shape index (κ1) is 22.9. The fourth-order valence-corrected chi connectivity index (χ4v) is 5.35. The van der Waals surface area contributed by atoms with Crippen LogP contribution < -0.4 is 19.6 Å². The molecule has 2 aromatic heterocycles. The molecule has 2 aromatic carbocycles. The van der Waals surface area contributed by atoms with Gasteiger partial charge in [0, 0.05) is 22.7 Å². The number of para-hydroxylation sites is 1. The molecule has 1 unspecified atom stereocenters. The van der Waals surface area contributed by atoms with E-state index in [1.165, 1.54) is 11.3 Å². The van der Waals surface area contributed by atoms with Gasteiger partial charge in [-0.1, -0.05) is 41.7 Å². The van der Waals surface area contributed by atoms with Crippen molar-refractivity contribution in [2.45, 2.75) is 32.9 Å². The van der Waals surface area contributed by atoms with Gasteiger partial charge >= 0.3 is 5.97 Å². The molecule has 3 heterocycles. The Labute approximate surface area is 205 Å². The summed E-state index contributed by atoms with van der Waals surface area (Å²) in [6, 6.07) is 14.6. The van der Waals surface area contributed by atoms with Gasteiger partial charge in [-0.25, -0.2) is 9.79 Å². The van der Waals surface area contributed by atoms with Crippen molar-refractivity contribution >= 4 is 34.3 Å². The van der Waals surface area contributed by atoms with E-state index in [1.807, 2.05) is 60.8 Å². The summed E-state index contributed by atoms with van der Waals surface area (Å²) in [4.78, 5) is 35.4. The summed E-state index contributed by atoms with van der Waals surface area (Å²) in [5, 5.41) is 1.03. The first-order valence-electron chi connectivity index (χ1n) is 11.3. The highest BCUT2D eigenvalue weighted by Crippen LogP contribution is 2.32. The van der Waals surface area contributed by atoms with Crippen molar-refractivity contribution in [2.75, 3.05) is 7.11 Å². The second-order valence-electron chi connectivity index (χ2n) is 8.60. The van der Waals surface area contributed by atoms with Gasteiger partial charge in [-0.3, -0.25) is 9.36 Å². The predicted octanol–water partition coefficient (Wildman–Crippen LogP) is 3.68. The average molecular weight is 488 g/mol. The van der Waals surface area contributed by atoms with Gasteiger partial charge in [0.15, 0.2) is 4.80 Å². The highest BCUT2D eigenvalue weighted by molar-refractivity contribution is 7.07. The zero-order chi connectivity index (χ0) is 24.7. The molecule has 0 fully saturated rings. The van der Waals surface area contributed by atoms with Gasteiger partial charge in [0.1, 0.15) is 5.75 Å². The van der Waals surface area contributed by atoms with Crippen LogP contribution in [0.1, 0.15) is 37.9 Å². The summed E-state index contributed by atoms with van der Waals surface area (Å²) in [5.74, 6) is 0.209. The molecule has 0 amide bonds. The zero-order valence-electron chi connectivity index (χ0n) is 19.9. The van der Waals surface area contributed by atoms with E-state index in [2.05, 4.69) is 9.98 Å². The molecule has 0 saturated heterocycles. The van der Waals surface area contributed by atoms with Crippen LogP contribution in [0.25, 0.3) is 17.0 Å². The minimum absolute atomic E-state index is 0.206. The molecule has 1 atom stereocenters. The number of aromatic nitrogens is 2. The van der Waals surface area contributed by atoms with Crippen LogP contribution in [0, 0.1) is 0 Å². The van der Waals surface area contributed by atoms with Crippen molar-refractivity contribution in [1.82, 2.24) is 9.55 Å². The molecule has 5 rings (SSSR count). The summed E-state index contributed by atoms with van der Waals surface area (Å²) < 4.78 is 13.0. The topological polar surface area (TPSA) is 85.7 Å². The van der Waals surface area contributed by atoms with E-state index in [4.69, 9.17) is 9.47 Å². The number of allylic oxidation sites excluding steroid dienone is 1. The molecule has 0 radical (unpaired) electrons. The third-order valence-corrected chi connectivity index (χ3v) is 6.91. The van der Waals surface area contributed by atoms with Gasteiger partial charge in [-0.2, -0.15) is 0 Å². The number of aromatic amines is 1. The van der Waals surface area contributed by atoms with Gasteiger partial charge in [0.05, 0.1) is 35.1 Å². The molecular formula is C27H25N3O4S. The van der Waals surface area contributed by atoms with Crippen molar-refractivity contribution in [3.8, 4) is 5.75 Å². The van der Waals surface area contributed by atoms with Gasteiger partial charge < -0.3 is 14.5 Å². The summed E-state index contributed by atoms with van der Waals surface area (Å²) in [7, 11) is 1.60. The number of fused-ring (bicyclic) bond motifs is 2. The number of rotatable bonds is 5. The Balaban J connectivity index is 1.72. The van der Waals surface area contributed by atoms with E-state index in [1.54, 1.807) is 32.4 Å². The number of nitrogens with zero attached hydrogens (tertiary/aromatic N) is 2. The Morgan fingerprint density at radius 1 is 1.17 bits per heavy atom. The van der Waals surface area contributed by atoms with Gasteiger partial charge in [-0.15, -0.1) is 0 Å². The zero-order valence-corrected chi connectivity index (χ0v) is 20.7. The molecule has 1 aliphatic rings. The number of nitrogens with one attached hydrogen (secondary N) is 1. The van der Waals surface area contributed by atoms with Gasteiger partial charge in [0.2, 0.25) is 0 Å². The smallest absolute Gasteiger partial charge is 0.338 e. The number of carbonyl (C=O) groups is 1. The number of thiazole rings is 1. The third kappa shape index (κ3) is 4.10. The lowest BCUT2D eigenvalue weighted by molar-refractivity contribution is -0.143. The van der Waals surface area contributed by atoms with Crippen molar-refractivity contribution in [3.05, 3.63) is 96.8 Å². The number of carbonyl (C=O) groups excluding carboxylic acids is 1. The molecule has 0 aliphatic carbocycles. The normalized spacial score (nSPS) is 15.9.